The highest BCUT2D eigenvalue weighted by Crippen LogP contribution is 2.44. The lowest BCUT2D eigenvalue weighted by Crippen LogP contribution is -2.52. The highest BCUT2D eigenvalue weighted by Gasteiger charge is 2.44. The fourth-order valence-electron chi connectivity index (χ4n) is 4.73. The van der Waals surface area contributed by atoms with Gasteiger partial charge in [0.1, 0.15) is 13.2 Å². The van der Waals surface area contributed by atoms with Gasteiger partial charge in [-0.1, -0.05) is 48.5 Å². The van der Waals surface area contributed by atoms with E-state index in [0.717, 1.165) is 35.1 Å². The number of rotatable bonds is 10. The summed E-state index contributed by atoms with van der Waals surface area (Å²) in [4.78, 5) is 47.6. The average molecular weight is 480 g/mol. The van der Waals surface area contributed by atoms with Crippen LogP contribution in [0, 0.1) is 5.92 Å². The zero-order chi connectivity index (χ0) is 25.0. The van der Waals surface area contributed by atoms with Gasteiger partial charge in [-0.2, -0.15) is 0 Å². The number of ether oxygens (including phenoxy) is 1. The van der Waals surface area contributed by atoms with Crippen molar-refractivity contribution in [2.45, 2.75) is 37.6 Å². The van der Waals surface area contributed by atoms with Gasteiger partial charge in [0.05, 0.1) is 18.5 Å². The van der Waals surface area contributed by atoms with Crippen LogP contribution in [0.4, 0.5) is 4.79 Å². The van der Waals surface area contributed by atoms with E-state index in [1.807, 2.05) is 48.5 Å². The molecule has 35 heavy (non-hydrogen) atoms. The van der Waals surface area contributed by atoms with Crippen molar-refractivity contribution in [3.05, 3.63) is 59.7 Å². The molecule has 0 saturated heterocycles. The molecular weight excluding hydrogens is 450 g/mol. The standard InChI is InChI=1S/C26H29N3O6/c1-26(12-24(32)33,16-10-11-16)29-23(31)14-27-22(30)13-28-25(34)35-15-21-19-8-4-2-6-17(19)18-7-3-5-9-20(18)21/h2-9,16,21H,10-15H2,1H3,(H,27,30)(H,28,34)(H,29,31)(H,32,33). The molecule has 9 nitrogen and oxygen atoms in total. The highest BCUT2D eigenvalue weighted by atomic mass is 16.5. The summed E-state index contributed by atoms with van der Waals surface area (Å²) in [6, 6.07) is 16.0. The van der Waals surface area contributed by atoms with E-state index >= 15 is 0 Å². The van der Waals surface area contributed by atoms with Crippen LogP contribution in [0.15, 0.2) is 48.5 Å². The van der Waals surface area contributed by atoms with E-state index in [1.54, 1.807) is 6.92 Å². The Hall–Kier alpha value is -3.88. The summed E-state index contributed by atoms with van der Waals surface area (Å²) in [7, 11) is 0. The van der Waals surface area contributed by atoms with Crippen LogP contribution in [-0.2, 0) is 19.1 Å². The summed E-state index contributed by atoms with van der Waals surface area (Å²) in [5.41, 5.74) is 3.58. The molecule has 0 heterocycles. The van der Waals surface area contributed by atoms with E-state index in [0.29, 0.717) is 0 Å². The predicted molar refractivity (Wildman–Crippen MR) is 128 cm³/mol. The Morgan fingerprint density at radius 3 is 2.06 bits per heavy atom. The van der Waals surface area contributed by atoms with Crippen molar-refractivity contribution >= 4 is 23.9 Å². The van der Waals surface area contributed by atoms with Crippen molar-refractivity contribution < 1.29 is 29.0 Å². The maximum absolute atomic E-state index is 12.2. The molecule has 2 aliphatic rings. The topological polar surface area (TPSA) is 134 Å². The van der Waals surface area contributed by atoms with Crippen molar-refractivity contribution in [1.82, 2.24) is 16.0 Å². The first kappa shape index (κ1) is 24.3. The second-order valence-corrected chi connectivity index (χ2v) is 9.27. The molecule has 2 aromatic rings. The number of alkyl carbamates (subject to hydrolysis) is 1. The van der Waals surface area contributed by atoms with Crippen molar-refractivity contribution in [2.24, 2.45) is 5.92 Å². The SMILES string of the molecule is CC(CC(=O)O)(NC(=O)CNC(=O)CNC(=O)OCC1c2ccccc2-c2ccccc21)C1CC1. The largest absolute Gasteiger partial charge is 0.481 e. The molecule has 0 aliphatic heterocycles. The van der Waals surface area contributed by atoms with Gasteiger partial charge in [0.15, 0.2) is 0 Å². The van der Waals surface area contributed by atoms with Crippen molar-refractivity contribution in [2.75, 3.05) is 19.7 Å². The number of carboxylic acid groups (broad SMARTS) is 1. The predicted octanol–water partition coefficient (Wildman–Crippen LogP) is 2.40. The van der Waals surface area contributed by atoms with Crippen LogP contribution >= 0.6 is 0 Å². The summed E-state index contributed by atoms with van der Waals surface area (Å²) in [5.74, 6) is -1.99. The normalized spacial score (nSPS) is 15.8. The minimum atomic E-state index is -0.990. The van der Waals surface area contributed by atoms with Crippen LogP contribution in [0.25, 0.3) is 11.1 Å². The molecule has 0 radical (unpaired) electrons. The highest BCUT2D eigenvalue weighted by molar-refractivity contribution is 5.87. The maximum Gasteiger partial charge on any atom is 0.407 e. The van der Waals surface area contributed by atoms with Crippen LogP contribution in [-0.4, -0.2) is 54.2 Å². The Balaban J connectivity index is 1.21. The van der Waals surface area contributed by atoms with E-state index in [4.69, 9.17) is 9.84 Å². The second-order valence-electron chi connectivity index (χ2n) is 9.27. The van der Waals surface area contributed by atoms with Gasteiger partial charge in [0.25, 0.3) is 0 Å². The lowest BCUT2D eigenvalue weighted by molar-refractivity contribution is -0.139. The number of carbonyl (C=O) groups is 4. The Bertz CT molecular complexity index is 1100. The third-order valence-electron chi connectivity index (χ3n) is 6.60. The number of aliphatic carboxylic acids is 1. The third-order valence-corrected chi connectivity index (χ3v) is 6.60. The number of hydrogen-bond donors (Lipinski definition) is 4. The zero-order valence-electron chi connectivity index (χ0n) is 19.5. The molecule has 1 fully saturated rings. The van der Waals surface area contributed by atoms with Gasteiger partial charge in [-0.3, -0.25) is 14.4 Å². The van der Waals surface area contributed by atoms with Crippen LogP contribution < -0.4 is 16.0 Å². The minimum absolute atomic E-state index is 0.0859. The second kappa shape index (κ2) is 10.2. The number of nitrogens with one attached hydrogen (secondary N) is 3. The summed E-state index contributed by atoms with van der Waals surface area (Å²) in [6.07, 6.45) is 0.816. The number of benzene rings is 2. The minimum Gasteiger partial charge on any atom is -0.481 e. The molecule has 0 aromatic heterocycles. The quantitative estimate of drug-likeness (QED) is 0.414. The van der Waals surface area contributed by atoms with Gasteiger partial charge in [0, 0.05) is 5.92 Å². The van der Waals surface area contributed by atoms with E-state index in [2.05, 4.69) is 16.0 Å². The van der Waals surface area contributed by atoms with Gasteiger partial charge >= 0.3 is 12.1 Å². The van der Waals surface area contributed by atoms with Crippen LogP contribution in [0.3, 0.4) is 0 Å². The van der Waals surface area contributed by atoms with Gasteiger partial charge < -0.3 is 25.8 Å². The fraction of sp³-hybridized carbons (Fsp3) is 0.385. The lowest BCUT2D eigenvalue weighted by Gasteiger charge is -2.29. The first-order valence-corrected chi connectivity index (χ1v) is 11.6. The van der Waals surface area contributed by atoms with Crippen molar-refractivity contribution in [3.8, 4) is 11.1 Å². The zero-order valence-corrected chi connectivity index (χ0v) is 19.5. The van der Waals surface area contributed by atoms with Gasteiger partial charge in [0.2, 0.25) is 11.8 Å². The number of fused-ring (bicyclic) bond motifs is 3. The van der Waals surface area contributed by atoms with E-state index in [-0.39, 0.29) is 38.0 Å². The number of hydrogen-bond acceptors (Lipinski definition) is 5. The first-order valence-electron chi connectivity index (χ1n) is 11.6. The molecule has 4 rings (SSSR count). The van der Waals surface area contributed by atoms with Crippen LogP contribution in [0.5, 0.6) is 0 Å². The molecule has 1 unspecified atom stereocenters. The molecular formula is C26H29N3O6. The summed E-state index contributed by atoms with van der Waals surface area (Å²) in [6.45, 7) is 1.18. The lowest BCUT2D eigenvalue weighted by atomic mass is 9.91. The Labute approximate surface area is 203 Å². The number of carbonyl (C=O) groups excluding carboxylic acids is 3. The molecule has 2 aromatic carbocycles. The molecule has 2 aliphatic carbocycles. The van der Waals surface area contributed by atoms with E-state index in [9.17, 15) is 19.2 Å². The fourth-order valence-corrected chi connectivity index (χ4v) is 4.73. The molecule has 0 bridgehead atoms. The first-order chi connectivity index (χ1) is 16.8. The van der Waals surface area contributed by atoms with Crippen LogP contribution in [0.2, 0.25) is 0 Å². The Morgan fingerprint density at radius 2 is 1.49 bits per heavy atom. The molecule has 184 valence electrons. The summed E-state index contributed by atoms with van der Waals surface area (Å²) >= 11 is 0. The van der Waals surface area contributed by atoms with Gasteiger partial charge in [-0.25, -0.2) is 4.79 Å². The average Bonchev–Trinajstić information content (AvgIpc) is 3.64. The summed E-state index contributed by atoms with van der Waals surface area (Å²) in [5, 5.41) is 16.7. The third kappa shape index (κ3) is 5.79. The molecule has 4 N–H and O–H groups in total. The number of amides is 3. The van der Waals surface area contributed by atoms with Gasteiger partial charge in [-0.05, 0) is 47.9 Å². The van der Waals surface area contributed by atoms with Crippen molar-refractivity contribution in [3.63, 3.8) is 0 Å². The van der Waals surface area contributed by atoms with Crippen molar-refractivity contribution in [1.29, 1.82) is 0 Å². The van der Waals surface area contributed by atoms with E-state index < -0.39 is 29.4 Å². The summed E-state index contributed by atoms with van der Waals surface area (Å²) < 4.78 is 5.39. The van der Waals surface area contributed by atoms with Crippen LogP contribution in [0.1, 0.15) is 43.2 Å². The monoisotopic (exact) mass is 479 g/mol. The Morgan fingerprint density at radius 1 is 0.914 bits per heavy atom. The molecule has 9 heteroatoms. The molecule has 3 amide bonds. The number of carboxylic acids is 1. The van der Waals surface area contributed by atoms with E-state index in [1.165, 1.54) is 0 Å². The smallest absolute Gasteiger partial charge is 0.407 e. The molecule has 1 atom stereocenters. The Kier molecular flexibility index (Phi) is 7.04. The van der Waals surface area contributed by atoms with Gasteiger partial charge in [-0.15, -0.1) is 0 Å². The molecule has 1 saturated carbocycles. The maximum atomic E-state index is 12.2. The molecule has 0 spiro atoms.